The average molecular weight is 365 g/mol. The van der Waals surface area contributed by atoms with E-state index in [0.717, 1.165) is 30.3 Å². The van der Waals surface area contributed by atoms with E-state index < -0.39 is 0 Å². The van der Waals surface area contributed by atoms with Gasteiger partial charge in [-0.2, -0.15) is 0 Å². The van der Waals surface area contributed by atoms with Crippen LogP contribution in [0.4, 0.5) is 0 Å². The van der Waals surface area contributed by atoms with Crippen molar-refractivity contribution in [2.75, 3.05) is 6.61 Å². The third-order valence-corrected chi connectivity index (χ3v) is 7.58. The van der Waals surface area contributed by atoms with Crippen LogP contribution in [-0.4, -0.2) is 12.7 Å². The van der Waals surface area contributed by atoms with Crippen LogP contribution >= 0.6 is 0 Å². The van der Waals surface area contributed by atoms with E-state index >= 15 is 0 Å². The molecule has 5 unspecified atom stereocenters. The number of rotatable bonds is 5. The van der Waals surface area contributed by atoms with Crippen molar-refractivity contribution in [3.8, 4) is 0 Å². The molecule has 1 aromatic carbocycles. The molecule has 3 aliphatic rings. The fourth-order valence-electron chi connectivity index (χ4n) is 6.17. The standard InChI is InChI=1S/C26H36O/c1-3-5-19-6-7-21-16-22(9-8-20(21)15-19)23-10-11-25-18-26(27-14-4-2)13-12-24(25)17-23/h3-7,15,22-26H,2,8-14,16-18H2,1H3/b5-3+. The highest BCUT2D eigenvalue weighted by molar-refractivity contribution is 5.52. The van der Waals surface area contributed by atoms with Crippen LogP contribution in [0.15, 0.2) is 36.9 Å². The van der Waals surface area contributed by atoms with Crippen LogP contribution in [0.25, 0.3) is 6.08 Å². The minimum absolute atomic E-state index is 0.494. The summed E-state index contributed by atoms with van der Waals surface area (Å²) < 4.78 is 5.97. The van der Waals surface area contributed by atoms with Crippen LogP contribution in [0.1, 0.15) is 68.6 Å². The van der Waals surface area contributed by atoms with Crippen molar-refractivity contribution in [1.82, 2.24) is 0 Å². The molecule has 1 aromatic rings. The molecule has 0 aliphatic heterocycles. The zero-order valence-corrected chi connectivity index (χ0v) is 17.0. The van der Waals surface area contributed by atoms with Gasteiger partial charge in [0, 0.05) is 0 Å². The molecule has 0 heterocycles. The third kappa shape index (κ3) is 4.40. The molecule has 5 atom stereocenters. The smallest absolute Gasteiger partial charge is 0.0648 e. The minimum atomic E-state index is 0.494. The summed E-state index contributed by atoms with van der Waals surface area (Å²) in [4.78, 5) is 0. The lowest BCUT2D eigenvalue weighted by Crippen LogP contribution is -2.37. The van der Waals surface area contributed by atoms with Crippen molar-refractivity contribution in [2.45, 2.75) is 70.8 Å². The van der Waals surface area contributed by atoms with E-state index in [1.165, 1.54) is 63.4 Å². The predicted molar refractivity (Wildman–Crippen MR) is 115 cm³/mol. The van der Waals surface area contributed by atoms with Gasteiger partial charge in [0.2, 0.25) is 0 Å². The molecule has 0 amide bonds. The Hall–Kier alpha value is -1.34. The number of benzene rings is 1. The van der Waals surface area contributed by atoms with E-state index in [-0.39, 0.29) is 0 Å². The second-order valence-corrected chi connectivity index (χ2v) is 9.18. The molecule has 3 aliphatic carbocycles. The zero-order chi connectivity index (χ0) is 18.6. The molecule has 0 N–H and O–H groups in total. The Balaban J connectivity index is 1.34. The molecule has 2 saturated carbocycles. The van der Waals surface area contributed by atoms with Gasteiger partial charge in [-0.05, 0) is 105 Å². The summed E-state index contributed by atoms with van der Waals surface area (Å²) in [7, 11) is 0. The SMILES string of the molecule is C=CCOC1CCC2CC(C3CCc4cc(/C=C/C)ccc4C3)CCC2C1. The molecule has 1 nitrogen and oxygen atoms in total. The van der Waals surface area contributed by atoms with Gasteiger partial charge < -0.3 is 4.74 Å². The molecule has 0 spiro atoms. The van der Waals surface area contributed by atoms with Crippen molar-refractivity contribution in [1.29, 1.82) is 0 Å². The Morgan fingerprint density at radius 1 is 0.963 bits per heavy atom. The summed E-state index contributed by atoms with van der Waals surface area (Å²) in [5.74, 6) is 3.76. The molecule has 0 bridgehead atoms. The summed E-state index contributed by atoms with van der Waals surface area (Å²) in [6.45, 7) is 6.62. The molecule has 0 aromatic heterocycles. The van der Waals surface area contributed by atoms with Gasteiger partial charge >= 0.3 is 0 Å². The molecule has 4 rings (SSSR count). The Bertz CT molecular complexity index is 673. The van der Waals surface area contributed by atoms with Gasteiger partial charge in [0.1, 0.15) is 0 Å². The highest BCUT2D eigenvalue weighted by atomic mass is 16.5. The summed E-state index contributed by atoms with van der Waals surface area (Å²) >= 11 is 0. The second kappa shape index (κ2) is 8.78. The largest absolute Gasteiger partial charge is 0.374 e. The molecule has 0 saturated heterocycles. The maximum absolute atomic E-state index is 5.97. The van der Waals surface area contributed by atoms with E-state index in [0.29, 0.717) is 6.10 Å². The van der Waals surface area contributed by atoms with Gasteiger partial charge in [-0.3, -0.25) is 0 Å². The Morgan fingerprint density at radius 2 is 1.74 bits per heavy atom. The molecule has 146 valence electrons. The van der Waals surface area contributed by atoms with Gasteiger partial charge in [-0.25, -0.2) is 0 Å². The number of hydrogen-bond donors (Lipinski definition) is 0. The summed E-state index contributed by atoms with van der Waals surface area (Å²) in [6.07, 6.45) is 19.1. The number of hydrogen-bond acceptors (Lipinski definition) is 1. The lowest BCUT2D eigenvalue weighted by molar-refractivity contribution is -0.0137. The van der Waals surface area contributed by atoms with Crippen LogP contribution in [0, 0.1) is 23.7 Å². The fourth-order valence-corrected chi connectivity index (χ4v) is 6.17. The van der Waals surface area contributed by atoms with Crippen LogP contribution in [0.3, 0.4) is 0 Å². The molecule has 27 heavy (non-hydrogen) atoms. The van der Waals surface area contributed by atoms with Gasteiger partial charge in [0.25, 0.3) is 0 Å². The van der Waals surface area contributed by atoms with E-state index in [9.17, 15) is 0 Å². The van der Waals surface area contributed by atoms with Crippen LogP contribution in [0.2, 0.25) is 0 Å². The quantitative estimate of drug-likeness (QED) is 0.534. The van der Waals surface area contributed by atoms with Crippen molar-refractivity contribution in [3.63, 3.8) is 0 Å². The summed E-state index contributed by atoms with van der Waals surface area (Å²) in [5, 5.41) is 0. The maximum atomic E-state index is 5.97. The Labute approximate surface area is 165 Å². The number of allylic oxidation sites excluding steroid dienone is 1. The average Bonchev–Trinajstić information content (AvgIpc) is 2.71. The first-order valence-corrected chi connectivity index (χ1v) is 11.2. The second-order valence-electron chi connectivity index (χ2n) is 9.18. The van der Waals surface area contributed by atoms with Crippen LogP contribution in [0.5, 0.6) is 0 Å². The third-order valence-electron chi connectivity index (χ3n) is 7.58. The summed E-state index contributed by atoms with van der Waals surface area (Å²) in [5.41, 5.74) is 4.60. The maximum Gasteiger partial charge on any atom is 0.0648 e. The summed E-state index contributed by atoms with van der Waals surface area (Å²) in [6, 6.07) is 7.14. The number of fused-ring (bicyclic) bond motifs is 2. The number of ether oxygens (including phenoxy) is 1. The predicted octanol–water partition coefficient (Wildman–Crippen LogP) is 6.61. The highest BCUT2D eigenvalue weighted by Gasteiger charge is 2.38. The van der Waals surface area contributed by atoms with Crippen LogP contribution < -0.4 is 0 Å². The number of aryl methyl sites for hydroxylation is 1. The van der Waals surface area contributed by atoms with Crippen molar-refractivity contribution >= 4 is 6.08 Å². The first kappa shape index (κ1) is 19.0. The van der Waals surface area contributed by atoms with Gasteiger partial charge in [-0.15, -0.1) is 6.58 Å². The first-order chi connectivity index (χ1) is 13.3. The van der Waals surface area contributed by atoms with Crippen molar-refractivity contribution in [2.24, 2.45) is 23.7 Å². The molecule has 2 fully saturated rings. The van der Waals surface area contributed by atoms with Gasteiger partial charge in [-0.1, -0.05) is 36.4 Å². The van der Waals surface area contributed by atoms with E-state index in [1.54, 1.807) is 11.1 Å². The van der Waals surface area contributed by atoms with E-state index in [2.05, 4.69) is 43.9 Å². The van der Waals surface area contributed by atoms with Gasteiger partial charge in [0.05, 0.1) is 12.7 Å². The topological polar surface area (TPSA) is 9.23 Å². The van der Waals surface area contributed by atoms with Crippen molar-refractivity contribution in [3.05, 3.63) is 53.6 Å². The van der Waals surface area contributed by atoms with E-state index in [1.807, 2.05) is 6.08 Å². The normalized spacial score (nSPS) is 33.4. The monoisotopic (exact) mass is 364 g/mol. The first-order valence-electron chi connectivity index (χ1n) is 11.2. The van der Waals surface area contributed by atoms with Crippen LogP contribution in [-0.2, 0) is 17.6 Å². The minimum Gasteiger partial charge on any atom is -0.374 e. The van der Waals surface area contributed by atoms with E-state index in [4.69, 9.17) is 4.74 Å². The Kier molecular flexibility index (Phi) is 6.18. The zero-order valence-electron chi connectivity index (χ0n) is 17.0. The van der Waals surface area contributed by atoms with Gasteiger partial charge in [0.15, 0.2) is 0 Å². The lowest BCUT2D eigenvalue weighted by Gasteiger charge is -2.44. The molecular weight excluding hydrogens is 328 g/mol. The molecule has 0 radical (unpaired) electrons. The molecule has 1 heteroatoms. The molecular formula is C26H36O. The lowest BCUT2D eigenvalue weighted by atomic mass is 9.62. The Morgan fingerprint density at radius 3 is 2.56 bits per heavy atom. The highest BCUT2D eigenvalue weighted by Crippen LogP contribution is 2.47. The fraction of sp³-hybridized carbons (Fsp3) is 0.615. The van der Waals surface area contributed by atoms with Crippen molar-refractivity contribution < 1.29 is 4.74 Å².